The van der Waals surface area contributed by atoms with Gasteiger partial charge in [0.2, 0.25) is 11.8 Å². The van der Waals surface area contributed by atoms with Crippen LogP contribution in [0.1, 0.15) is 59.9 Å². The zero-order valence-corrected chi connectivity index (χ0v) is 21.1. The van der Waals surface area contributed by atoms with Crippen molar-refractivity contribution in [3.8, 4) is 0 Å². The van der Waals surface area contributed by atoms with Crippen molar-refractivity contribution in [2.45, 2.75) is 90.6 Å². The zero-order chi connectivity index (χ0) is 25.9. The fourth-order valence-electron chi connectivity index (χ4n) is 3.35. The third-order valence-corrected chi connectivity index (χ3v) is 4.98. The molecule has 0 unspecified atom stereocenters. The van der Waals surface area contributed by atoms with Crippen LogP contribution in [0.5, 0.6) is 0 Å². The van der Waals surface area contributed by atoms with Gasteiger partial charge in [-0.05, 0) is 52.0 Å². The molecule has 3 amide bonds. The fraction of sp³-hybridized carbons (Fsp3) is 0.640. The van der Waals surface area contributed by atoms with Crippen molar-refractivity contribution in [3.05, 3.63) is 35.9 Å². The second kappa shape index (κ2) is 13.9. The predicted molar refractivity (Wildman–Crippen MR) is 130 cm³/mol. The molecule has 34 heavy (non-hydrogen) atoms. The molecule has 0 saturated carbocycles. The molecule has 0 aromatic heterocycles. The third-order valence-electron chi connectivity index (χ3n) is 4.98. The molecule has 0 fully saturated rings. The van der Waals surface area contributed by atoms with Gasteiger partial charge in [-0.1, -0.05) is 44.2 Å². The van der Waals surface area contributed by atoms with E-state index in [0.717, 1.165) is 5.56 Å². The summed E-state index contributed by atoms with van der Waals surface area (Å²) < 4.78 is 5.29. The Hall–Kier alpha value is -2.65. The molecule has 0 spiro atoms. The lowest BCUT2D eigenvalue weighted by molar-refractivity contribution is -0.130. The molecule has 0 saturated heterocycles. The first-order valence-electron chi connectivity index (χ1n) is 11.8. The first-order valence-corrected chi connectivity index (χ1v) is 11.8. The highest BCUT2D eigenvalue weighted by Gasteiger charge is 2.29. The van der Waals surface area contributed by atoms with E-state index >= 15 is 0 Å². The summed E-state index contributed by atoms with van der Waals surface area (Å²) in [5.41, 5.74) is 0.103. The maximum absolute atomic E-state index is 13.0. The van der Waals surface area contributed by atoms with Crippen LogP contribution in [0.4, 0.5) is 4.79 Å². The molecule has 0 heterocycles. The maximum Gasteiger partial charge on any atom is 0.408 e. The normalized spacial score (nSPS) is 15.1. The van der Waals surface area contributed by atoms with E-state index in [-0.39, 0.29) is 25.4 Å². The van der Waals surface area contributed by atoms with E-state index in [1.165, 1.54) is 6.92 Å². The lowest BCUT2D eigenvalue weighted by atomic mass is 9.97. The summed E-state index contributed by atoms with van der Waals surface area (Å²) in [5.74, 6) is -0.794. The number of nitrogens with one attached hydrogen (secondary N) is 3. The van der Waals surface area contributed by atoms with Crippen LogP contribution in [0.15, 0.2) is 30.3 Å². The highest BCUT2D eigenvalue weighted by Crippen LogP contribution is 2.12. The van der Waals surface area contributed by atoms with E-state index in [9.17, 15) is 19.5 Å². The van der Waals surface area contributed by atoms with Gasteiger partial charge in [-0.2, -0.15) is 0 Å². The van der Waals surface area contributed by atoms with Crippen LogP contribution < -0.4 is 16.0 Å². The van der Waals surface area contributed by atoms with Gasteiger partial charge in [-0.3, -0.25) is 9.59 Å². The van der Waals surface area contributed by atoms with Crippen LogP contribution in [0.2, 0.25) is 0 Å². The number of carbonyl (C=O) groups is 3. The van der Waals surface area contributed by atoms with Crippen molar-refractivity contribution < 1.29 is 29.3 Å². The number of rotatable bonds is 12. The fourth-order valence-corrected chi connectivity index (χ4v) is 3.35. The monoisotopic (exact) mass is 479 g/mol. The van der Waals surface area contributed by atoms with Gasteiger partial charge in [0.15, 0.2) is 0 Å². The molecule has 0 aliphatic carbocycles. The number of aliphatic hydroxyl groups excluding tert-OH is 2. The topological polar surface area (TPSA) is 137 Å². The molecule has 0 aliphatic heterocycles. The van der Waals surface area contributed by atoms with Crippen molar-refractivity contribution in [2.75, 3.05) is 6.61 Å². The van der Waals surface area contributed by atoms with Crippen LogP contribution >= 0.6 is 0 Å². The summed E-state index contributed by atoms with van der Waals surface area (Å²) in [6.07, 6.45) is -0.767. The van der Waals surface area contributed by atoms with Gasteiger partial charge >= 0.3 is 6.09 Å². The molecule has 1 aromatic rings. The minimum atomic E-state index is -0.959. The highest BCUT2D eigenvalue weighted by atomic mass is 16.6. The first-order chi connectivity index (χ1) is 15.8. The Morgan fingerprint density at radius 3 is 2.12 bits per heavy atom. The van der Waals surface area contributed by atoms with E-state index in [2.05, 4.69) is 16.0 Å². The van der Waals surface area contributed by atoms with Gasteiger partial charge < -0.3 is 30.9 Å². The van der Waals surface area contributed by atoms with Crippen molar-refractivity contribution in [3.63, 3.8) is 0 Å². The smallest absolute Gasteiger partial charge is 0.408 e. The second-order valence-corrected chi connectivity index (χ2v) is 9.94. The number of hydrogen-bond acceptors (Lipinski definition) is 6. The highest BCUT2D eigenvalue weighted by molar-refractivity contribution is 5.91. The molecular weight excluding hydrogens is 438 g/mol. The van der Waals surface area contributed by atoms with Gasteiger partial charge in [-0.25, -0.2) is 4.79 Å². The van der Waals surface area contributed by atoms with Crippen LogP contribution in [0.3, 0.4) is 0 Å². The molecule has 1 rings (SSSR count). The summed E-state index contributed by atoms with van der Waals surface area (Å²) >= 11 is 0. The molecule has 192 valence electrons. The summed E-state index contributed by atoms with van der Waals surface area (Å²) in [5, 5.41) is 27.4. The molecule has 0 bridgehead atoms. The molecule has 1 aromatic carbocycles. The number of amides is 3. The number of benzene rings is 1. The van der Waals surface area contributed by atoms with Crippen LogP contribution in [0.25, 0.3) is 0 Å². The Morgan fingerprint density at radius 2 is 1.59 bits per heavy atom. The summed E-state index contributed by atoms with van der Waals surface area (Å²) in [7, 11) is 0. The maximum atomic E-state index is 13.0. The lowest BCUT2D eigenvalue weighted by Gasteiger charge is -2.28. The van der Waals surface area contributed by atoms with Gasteiger partial charge in [-0.15, -0.1) is 0 Å². The molecular formula is C25H41N3O6. The molecule has 5 N–H and O–H groups in total. The van der Waals surface area contributed by atoms with Crippen molar-refractivity contribution in [2.24, 2.45) is 5.92 Å². The van der Waals surface area contributed by atoms with Gasteiger partial charge in [0, 0.05) is 13.0 Å². The summed E-state index contributed by atoms with van der Waals surface area (Å²) in [6, 6.07) is 6.77. The average molecular weight is 480 g/mol. The van der Waals surface area contributed by atoms with E-state index in [1.807, 2.05) is 44.2 Å². The number of ether oxygens (including phenoxy) is 1. The average Bonchev–Trinajstić information content (AvgIpc) is 2.71. The lowest BCUT2D eigenvalue weighted by Crippen LogP contribution is -2.56. The Kier molecular flexibility index (Phi) is 12.0. The molecule has 0 aliphatic rings. The molecule has 4 atom stereocenters. The van der Waals surface area contributed by atoms with Gasteiger partial charge in [0.25, 0.3) is 0 Å². The van der Waals surface area contributed by atoms with E-state index in [0.29, 0.717) is 6.42 Å². The minimum absolute atomic E-state index is 0.136. The van der Waals surface area contributed by atoms with E-state index in [4.69, 9.17) is 9.84 Å². The van der Waals surface area contributed by atoms with Crippen molar-refractivity contribution in [1.29, 1.82) is 0 Å². The second-order valence-electron chi connectivity index (χ2n) is 9.94. The molecule has 9 heteroatoms. The van der Waals surface area contributed by atoms with Crippen LogP contribution in [-0.2, 0) is 20.7 Å². The number of carbonyl (C=O) groups excluding carboxylic acids is 3. The third kappa shape index (κ3) is 11.5. The summed E-state index contributed by atoms with van der Waals surface area (Å²) in [6.45, 7) is 10.4. The number of aliphatic hydroxyl groups is 2. The quantitative estimate of drug-likeness (QED) is 0.311. The van der Waals surface area contributed by atoms with Crippen LogP contribution in [0, 0.1) is 5.92 Å². The van der Waals surface area contributed by atoms with Crippen molar-refractivity contribution >= 4 is 17.9 Å². The van der Waals surface area contributed by atoms with Crippen LogP contribution in [-0.4, -0.2) is 64.6 Å². The van der Waals surface area contributed by atoms with Gasteiger partial charge in [0.1, 0.15) is 17.7 Å². The largest absolute Gasteiger partial charge is 0.444 e. The Balaban J connectivity index is 2.89. The predicted octanol–water partition coefficient (Wildman–Crippen LogP) is 1.90. The van der Waals surface area contributed by atoms with Crippen molar-refractivity contribution in [1.82, 2.24) is 16.0 Å². The standard InChI is InChI=1S/C25H41N3O6/c1-16(2)14-19(21(30)12-13-29)27-22(31)17(3)26-23(32)20(15-18-10-8-7-9-11-18)28-24(33)34-25(4,5)6/h7-11,16-17,19-21,29-30H,12-15H2,1-6H3,(H,26,32)(H,27,31)(H,28,33)/t17-,19-,20-,21-/m0/s1. The zero-order valence-electron chi connectivity index (χ0n) is 21.1. The van der Waals surface area contributed by atoms with E-state index in [1.54, 1.807) is 20.8 Å². The Bertz CT molecular complexity index is 779. The van der Waals surface area contributed by atoms with Gasteiger partial charge in [0.05, 0.1) is 12.1 Å². The Morgan fingerprint density at radius 1 is 0.971 bits per heavy atom. The minimum Gasteiger partial charge on any atom is -0.444 e. The molecule has 9 nitrogen and oxygen atoms in total. The number of hydrogen-bond donors (Lipinski definition) is 5. The van der Waals surface area contributed by atoms with E-state index < -0.39 is 47.7 Å². The number of alkyl carbamates (subject to hydrolysis) is 1. The Labute approximate surface area is 202 Å². The summed E-state index contributed by atoms with van der Waals surface area (Å²) in [4.78, 5) is 38.1. The first kappa shape index (κ1) is 29.4. The molecule has 0 radical (unpaired) electrons. The SMILES string of the molecule is CC(C)C[C@H](NC(=O)[C@H](C)NC(=O)[C@H](Cc1ccccc1)NC(=O)OC(C)(C)C)[C@@H](O)CCO.